The number of anilines is 1. The van der Waals surface area contributed by atoms with Crippen molar-refractivity contribution < 1.29 is 9.59 Å². The number of amides is 2. The van der Waals surface area contributed by atoms with Crippen molar-refractivity contribution in [3.05, 3.63) is 57.8 Å². The first-order valence-corrected chi connectivity index (χ1v) is 10.9. The number of aromatic nitrogens is 1. The Morgan fingerprint density at radius 3 is 2.62 bits per heavy atom. The van der Waals surface area contributed by atoms with Gasteiger partial charge in [0, 0.05) is 22.6 Å². The van der Waals surface area contributed by atoms with E-state index in [1.165, 1.54) is 21.2 Å². The fraction of sp³-hybridized carbons (Fsp3) is 0.238. The maximum absolute atomic E-state index is 12.7. The van der Waals surface area contributed by atoms with Crippen molar-refractivity contribution in [3.8, 4) is 10.6 Å². The predicted molar refractivity (Wildman–Crippen MR) is 117 cm³/mol. The molecule has 2 aromatic heterocycles. The zero-order valence-corrected chi connectivity index (χ0v) is 17.8. The van der Waals surface area contributed by atoms with Crippen molar-refractivity contribution in [1.82, 2.24) is 9.99 Å². The second-order valence-corrected chi connectivity index (χ2v) is 9.26. The molecule has 0 aliphatic carbocycles. The van der Waals surface area contributed by atoms with E-state index in [0.717, 1.165) is 21.0 Å². The van der Waals surface area contributed by atoms with E-state index >= 15 is 0 Å². The van der Waals surface area contributed by atoms with Gasteiger partial charge in [0.1, 0.15) is 5.71 Å². The van der Waals surface area contributed by atoms with E-state index in [-0.39, 0.29) is 18.2 Å². The lowest BCUT2D eigenvalue weighted by molar-refractivity contribution is -0.132. The summed E-state index contributed by atoms with van der Waals surface area (Å²) in [4.78, 5) is 32.9. The van der Waals surface area contributed by atoms with Gasteiger partial charge in [-0.2, -0.15) is 5.10 Å². The van der Waals surface area contributed by atoms with Crippen LogP contribution >= 0.6 is 22.7 Å². The SMILES string of the molecule is Cc1ccc(-c2nc(NC(=O)C3=NN(Cc4ccccc4)C(=O)CC3)sc2C)s1. The number of carbonyl (C=O) groups excluding carboxylic acids is 2. The lowest BCUT2D eigenvalue weighted by atomic mass is 10.1. The molecule has 1 aliphatic heterocycles. The van der Waals surface area contributed by atoms with Gasteiger partial charge in [-0.15, -0.1) is 22.7 Å². The Balaban J connectivity index is 1.49. The highest BCUT2D eigenvalue weighted by Gasteiger charge is 2.25. The molecule has 1 aliphatic rings. The van der Waals surface area contributed by atoms with Crippen LogP contribution < -0.4 is 5.32 Å². The fourth-order valence-corrected chi connectivity index (χ4v) is 4.86. The maximum Gasteiger partial charge on any atom is 0.273 e. The first kappa shape index (κ1) is 19.5. The summed E-state index contributed by atoms with van der Waals surface area (Å²) < 4.78 is 0. The van der Waals surface area contributed by atoms with Crippen LogP contribution in [0.4, 0.5) is 5.13 Å². The number of aryl methyl sites for hydroxylation is 2. The van der Waals surface area contributed by atoms with Gasteiger partial charge in [-0.05, 0) is 31.5 Å². The molecule has 0 atom stereocenters. The van der Waals surface area contributed by atoms with Crippen LogP contribution in [0.25, 0.3) is 10.6 Å². The highest BCUT2D eigenvalue weighted by atomic mass is 32.1. The number of hydrogen-bond donors (Lipinski definition) is 1. The molecule has 2 amide bonds. The third-order valence-electron chi connectivity index (χ3n) is 4.53. The molecule has 0 unspecified atom stereocenters. The molecule has 1 aromatic carbocycles. The average Bonchev–Trinajstić information content (AvgIpc) is 3.29. The minimum Gasteiger partial charge on any atom is -0.297 e. The fourth-order valence-electron chi connectivity index (χ4n) is 3.05. The Morgan fingerprint density at radius 1 is 1.10 bits per heavy atom. The summed E-state index contributed by atoms with van der Waals surface area (Å²) in [7, 11) is 0. The highest BCUT2D eigenvalue weighted by Crippen LogP contribution is 2.34. The number of thiophene rings is 1. The van der Waals surface area contributed by atoms with E-state index < -0.39 is 0 Å². The molecule has 29 heavy (non-hydrogen) atoms. The van der Waals surface area contributed by atoms with Crippen LogP contribution in [-0.2, 0) is 16.1 Å². The third-order valence-corrected chi connectivity index (χ3v) is 6.43. The molecule has 1 N–H and O–H groups in total. The van der Waals surface area contributed by atoms with Gasteiger partial charge in [0.05, 0.1) is 17.1 Å². The van der Waals surface area contributed by atoms with Gasteiger partial charge in [-0.1, -0.05) is 30.3 Å². The normalized spacial score (nSPS) is 14.1. The lowest BCUT2D eigenvalue weighted by Gasteiger charge is -2.23. The summed E-state index contributed by atoms with van der Waals surface area (Å²) in [5, 5.41) is 9.09. The van der Waals surface area contributed by atoms with Gasteiger partial charge < -0.3 is 0 Å². The number of benzene rings is 1. The maximum atomic E-state index is 12.7. The highest BCUT2D eigenvalue weighted by molar-refractivity contribution is 7.18. The van der Waals surface area contributed by atoms with E-state index in [1.54, 1.807) is 11.3 Å². The summed E-state index contributed by atoms with van der Waals surface area (Å²) in [5.74, 6) is -0.385. The molecule has 3 heterocycles. The van der Waals surface area contributed by atoms with Crippen molar-refractivity contribution in [3.63, 3.8) is 0 Å². The monoisotopic (exact) mass is 424 g/mol. The van der Waals surface area contributed by atoms with Gasteiger partial charge in [0.25, 0.3) is 5.91 Å². The minimum atomic E-state index is -0.307. The summed E-state index contributed by atoms with van der Waals surface area (Å²) in [5.41, 5.74) is 2.22. The van der Waals surface area contributed by atoms with Crippen LogP contribution in [0, 0.1) is 13.8 Å². The van der Waals surface area contributed by atoms with E-state index in [1.807, 2.05) is 43.3 Å². The average molecular weight is 425 g/mol. The Labute approximate surface area is 176 Å². The quantitative estimate of drug-likeness (QED) is 0.650. The van der Waals surface area contributed by atoms with Crippen molar-refractivity contribution >= 4 is 45.3 Å². The van der Waals surface area contributed by atoms with Crippen LogP contribution in [0.5, 0.6) is 0 Å². The second kappa shape index (κ2) is 8.26. The predicted octanol–water partition coefficient (Wildman–Crippen LogP) is 4.61. The molecule has 0 radical (unpaired) electrons. The van der Waals surface area contributed by atoms with Gasteiger partial charge in [0.15, 0.2) is 5.13 Å². The summed E-state index contributed by atoms with van der Waals surface area (Å²) in [6.45, 7) is 4.41. The van der Waals surface area contributed by atoms with Crippen LogP contribution in [0.1, 0.15) is 28.2 Å². The Morgan fingerprint density at radius 2 is 1.90 bits per heavy atom. The molecule has 0 fully saturated rings. The standard InChI is InChI=1S/C21H20N4O2S2/c1-13-8-10-17(28-13)19-14(2)29-21(22-19)23-20(27)16-9-11-18(26)25(24-16)12-15-6-4-3-5-7-15/h3-8,10H,9,11-12H2,1-2H3,(H,22,23,27). The van der Waals surface area contributed by atoms with E-state index in [9.17, 15) is 9.59 Å². The number of thiazole rings is 1. The first-order chi connectivity index (χ1) is 14.0. The van der Waals surface area contributed by atoms with E-state index in [2.05, 4.69) is 28.4 Å². The van der Waals surface area contributed by atoms with Crippen molar-refractivity contribution in [2.75, 3.05) is 5.32 Å². The number of nitrogens with one attached hydrogen (secondary N) is 1. The summed E-state index contributed by atoms with van der Waals surface area (Å²) in [6.07, 6.45) is 0.604. The molecule has 8 heteroatoms. The molecule has 4 rings (SSSR count). The number of hydrogen-bond acceptors (Lipinski definition) is 6. The molecular weight excluding hydrogens is 404 g/mol. The van der Waals surface area contributed by atoms with E-state index in [4.69, 9.17) is 0 Å². The topological polar surface area (TPSA) is 74.7 Å². The van der Waals surface area contributed by atoms with Crippen LogP contribution in [0.2, 0.25) is 0 Å². The van der Waals surface area contributed by atoms with Crippen molar-refractivity contribution in [1.29, 1.82) is 0 Å². The smallest absolute Gasteiger partial charge is 0.273 e. The first-order valence-electron chi connectivity index (χ1n) is 9.27. The molecule has 0 spiro atoms. The molecule has 0 saturated carbocycles. The Kier molecular flexibility index (Phi) is 5.55. The summed E-state index contributed by atoms with van der Waals surface area (Å²) in [6, 6.07) is 13.7. The minimum absolute atomic E-state index is 0.0779. The number of nitrogens with zero attached hydrogens (tertiary/aromatic N) is 3. The van der Waals surface area contributed by atoms with E-state index in [0.29, 0.717) is 23.8 Å². The Hall–Kier alpha value is -2.84. The van der Waals surface area contributed by atoms with Gasteiger partial charge >= 0.3 is 0 Å². The molecule has 0 bridgehead atoms. The molecule has 0 saturated heterocycles. The number of rotatable bonds is 5. The zero-order valence-electron chi connectivity index (χ0n) is 16.1. The Bertz CT molecular complexity index is 1090. The lowest BCUT2D eigenvalue weighted by Crippen LogP contribution is -2.36. The summed E-state index contributed by atoms with van der Waals surface area (Å²) >= 11 is 3.12. The van der Waals surface area contributed by atoms with Crippen molar-refractivity contribution in [2.45, 2.75) is 33.2 Å². The van der Waals surface area contributed by atoms with Crippen LogP contribution in [-0.4, -0.2) is 27.5 Å². The van der Waals surface area contributed by atoms with Gasteiger partial charge in [-0.25, -0.2) is 9.99 Å². The molecule has 148 valence electrons. The molecular formula is C21H20N4O2S2. The van der Waals surface area contributed by atoms with Gasteiger partial charge in [-0.3, -0.25) is 14.9 Å². The van der Waals surface area contributed by atoms with Crippen molar-refractivity contribution in [2.24, 2.45) is 5.10 Å². The number of hydrazone groups is 1. The largest absolute Gasteiger partial charge is 0.297 e. The van der Waals surface area contributed by atoms with Gasteiger partial charge in [0.2, 0.25) is 5.91 Å². The zero-order chi connectivity index (χ0) is 20.4. The second-order valence-electron chi connectivity index (χ2n) is 6.77. The molecule has 6 nitrogen and oxygen atoms in total. The third kappa shape index (κ3) is 4.44. The van der Waals surface area contributed by atoms with Crippen LogP contribution in [0.3, 0.4) is 0 Å². The van der Waals surface area contributed by atoms with Crippen LogP contribution in [0.15, 0.2) is 47.6 Å². The number of carbonyl (C=O) groups is 2. The molecule has 3 aromatic rings.